The number of fused-ring (bicyclic) bond motifs is 1. The lowest BCUT2D eigenvalue weighted by molar-refractivity contribution is 0.0782. The summed E-state index contributed by atoms with van der Waals surface area (Å²) in [5.74, 6) is 0.620. The van der Waals surface area contributed by atoms with Crippen molar-refractivity contribution in [3.63, 3.8) is 0 Å². The van der Waals surface area contributed by atoms with Gasteiger partial charge < -0.3 is 14.6 Å². The number of pyridine rings is 2. The minimum Gasteiger partial charge on any atom is -0.388 e. The lowest BCUT2D eigenvalue weighted by atomic mass is 9.92. The van der Waals surface area contributed by atoms with Crippen molar-refractivity contribution < 1.29 is 9.90 Å². The van der Waals surface area contributed by atoms with Gasteiger partial charge in [0.05, 0.1) is 12.6 Å². The topological polar surface area (TPSA) is 75.4 Å². The normalized spacial score (nSPS) is 18.0. The molecule has 6 nitrogen and oxygen atoms in total. The van der Waals surface area contributed by atoms with Crippen molar-refractivity contribution in [3.8, 4) is 0 Å². The summed E-state index contributed by atoms with van der Waals surface area (Å²) in [6.45, 7) is 0.339. The lowest BCUT2D eigenvalue weighted by Gasteiger charge is -2.20. The molecule has 0 spiro atoms. The number of aliphatic hydroxyl groups excluding tert-OH is 1. The number of rotatable bonds is 7. The highest BCUT2D eigenvalue weighted by Gasteiger charge is 2.31. The summed E-state index contributed by atoms with van der Waals surface area (Å²) < 4.78 is 1.62. The fourth-order valence-corrected chi connectivity index (χ4v) is 5.74. The van der Waals surface area contributed by atoms with Crippen molar-refractivity contribution >= 4 is 28.3 Å². The molecular weight excluding hydrogens is 498 g/mol. The van der Waals surface area contributed by atoms with Crippen LogP contribution in [0.5, 0.6) is 0 Å². The van der Waals surface area contributed by atoms with Crippen molar-refractivity contribution in [1.29, 1.82) is 0 Å². The molecule has 0 unspecified atom stereocenters. The number of carbonyl (C=O) groups is 1. The monoisotopic (exact) mass is 529 g/mol. The first-order valence-electron chi connectivity index (χ1n) is 13.0. The maximum Gasteiger partial charge on any atom is 0.258 e. The fraction of sp³-hybridized carbons (Fsp3) is 0.323. The third-order valence-corrected chi connectivity index (χ3v) is 8.06. The Bertz CT molecular complexity index is 1500. The Morgan fingerprint density at radius 3 is 2.63 bits per heavy atom. The molecular formula is C31H32ClN3O3. The predicted molar refractivity (Wildman–Crippen MR) is 150 cm³/mol. The quantitative estimate of drug-likeness (QED) is 0.318. The van der Waals surface area contributed by atoms with Crippen molar-refractivity contribution in [2.45, 2.75) is 38.3 Å². The highest BCUT2D eigenvalue weighted by Crippen LogP contribution is 2.40. The van der Waals surface area contributed by atoms with Gasteiger partial charge in [-0.3, -0.25) is 9.59 Å². The molecule has 2 heterocycles. The first kappa shape index (κ1) is 26.1. The molecule has 1 saturated carbocycles. The van der Waals surface area contributed by atoms with Crippen molar-refractivity contribution in [3.05, 3.63) is 111 Å². The van der Waals surface area contributed by atoms with Gasteiger partial charge in [0.1, 0.15) is 5.15 Å². The molecule has 0 aliphatic heterocycles. The Labute approximate surface area is 227 Å². The van der Waals surface area contributed by atoms with Gasteiger partial charge in [-0.25, -0.2) is 4.98 Å². The van der Waals surface area contributed by atoms with Crippen LogP contribution in [0.2, 0.25) is 5.15 Å². The van der Waals surface area contributed by atoms with Gasteiger partial charge in [0, 0.05) is 36.9 Å². The van der Waals surface area contributed by atoms with Crippen LogP contribution in [0.15, 0.2) is 77.7 Å². The van der Waals surface area contributed by atoms with Crippen molar-refractivity contribution in [2.24, 2.45) is 18.9 Å². The zero-order valence-corrected chi connectivity index (χ0v) is 22.4. The van der Waals surface area contributed by atoms with Crippen LogP contribution in [0.3, 0.4) is 0 Å². The maximum absolute atomic E-state index is 13.1. The first-order valence-corrected chi connectivity index (χ1v) is 13.4. The summed E-state index contributed by atoms with van der Waals surface area (Å²) in [5.41, 5.74) is 3.35. The number of aromatic nitrogens is 2. The summed E-state index contributed by atoms with van der Waals surface area (Å²) in [5, 5.41) is 12.8. The second-order valence-electron chi connectivity index (χ2n) is 10.4. The smallest absolute Gasteiger partial charge is 0.258 e. The third kappa shape index (κ3) is 5.52. The van der Waals surface area contributed by atoms with E-state index >= 15 is 0 Å². The predicted octanol–water partition coefficient (Wildman–Crippen LogP) is 5.55. The fourth-order valence-electron chi connectivity index (χ4n) is 5.63. The zero-order valence-electron chi connectivity index (χ0n) is 21.7. The number of halogens is 1. The summed E-state index contributed by atoms with van der Waals surface area (Å²) in [6.07, 6.45) is 5.06. The Morgan fingerprint density at radius 1 is 1.13 bits per heavy atom. The average molecular weight is 530 g/mol. The molecule has 1 aliphatic carbocycles. The number of benzene rings is 2. The van der Waals surface area contributed by atoms with Gasteiger partial charge in [0.15, 0.2) is 0 Å². The van der Waals surface area contributed by atoms with Gasteiger partial charge in [0.2, 0.25) is 0 Å². The SMILES string of the molecule is CN(Cc1cc2ccccc2c(=O)n1C)C(=O)c1ccc(C[C@@H]2CC[C@H]([C@H](O)c3ccc(Cl)nc3)C2)cc1. The van der Waals surface area contributed by atoms with E-state index in [0.717, 1.165) is 42.3 Å². The standard InChI is InChI=1S/C31H32ClN3O3/c1-34(19-26-17-23-5-3-4-6-27(23)31(38)35(26)2)30(37)22-10-7-20(8-11-22)15-21-9-12-24(16-21)29(36)25-13-14-28(32)33-18-25/h3-8,10-11,13-14,17-18,21,24,29,36H,9,12,15-16,19H2,1-2H3/t21-,24-,29-/m0/s1. The Hall–Kier alpha value is -3.48. The minimum atomic E-state index is -0.526. The van der Waals surface area contributed by atoms with Crippen LogP contribution in [0.25, 0.3) is 10.8 Å². The van der Waals surface area contributed by atoms with E-state index in [1.165, 1.54) is 5.56 Å². The van der Waals surface area contributed by atoms with E-state index in [1.807, 2.05) is 60.7 Å². The average Bonchev–Trinajstić information content (AvgIpc) is 3.40. The van der Waals surface area contributed by atoms with Crippen LogP contribution in [0.1, 0.15) is 52.5 Å². The van der Waals surface area contributed by atoms with Gasteiger partial charge in [-0.2, -0.15) is 0 Å². The van der Waals surface area contributed by atoms with Crippen molar-refractivity contribution in [2.75, 3.05) is 7.05 Å². The largest absolute Gasteiger partial charge is 0.388 e. The molecule has 1 amide bonds. The summed E-state index contributed by atoms with van der Waals surface area (Å²) >= 11 is 5.88. The molecule has 4 aromatic rings. The maximum atomic E-state index is 13.1. The molecule has 1 aliphatic rings. The molecule has 0 bridgehead atoms. The first-order chi connectivity index (χ1) is 18.3. The molecule has 3 atom stereocenters. The number of aliphatic hydroxyl groups is 1. The summed E-state index contributed by atoms with van der Waals surface area (Å²) in [6, 6.07) is 20.9. The summed E-state index contributed by atoms with van der Waals surface area (Å²) in [4.78, 5) is 31.6. The van der Waals surface area contributed by atoms with Gasteiger partial charge in [-0.05, 0) is 84.4 Å². The van der Waals surface area contributed by atoms with Gasteiger partial charge >= 0.3 is 0 Å². The molecule has 5 rings (SSSR count). The second-order valence-corrected chi connectivity index (χ2v) is 10.8. The second kappa shape index (κ2) is 11.1. The number of hydrogen-bond donors (Lipinski definition) is 1. The van der Waals surface area contributed by atoms with Crippen molar-refractivity contribution in [1.82, 2.24) is 14.5 Å². The molecule has 1 fully saturated rings. The minimum absolute atomic E-state index is 0.0604. The number of amides is 1. The van der Waals surface area contributed by atoms with Crippen LogP contribution >= 0.6 is 11.6 Å². The van der Waals surface area contributed by atoms with E-state index in [2.05, 4.69) is 4.98 Å². The van der Waals surface area contributed by atoms with Gasteiger partial charge in [-0.15, -0.1) is 0 Å². The van der Waals surface area contributed by atoms with E-state index in [0.29, 0.717) is 28.6 Å². The molecule has 38 heavy (non-hydrogen) atoms. The number of nitrogens with zero attached hydrogens (tertiary/aromatic N) is 3. The Morgan fingerprint density at radius 2 is 1.89 bits per heavy atom. The van der Waals surface area contributed by atoms with E-state index in [-0.39, 0.29) is 17.4 Å². The van der Waals surface area contributed by atoms with Crippen LogP contribution in [-0.4, -0.2) is 32.5 Å². The molecule has 1 N–H and O–H groups in total. The van der Waals surface area contributed by atoms with E-state index < -0.39 is 6.10 Å². The molecule has 196 valence electrons. The molecule has 2 aromatic carbocycles. The Kier molecular flexibility index (Phi) is 7.63. The molecule has 0 radical (unpaired) electrons. The van der Waals surface area contributed by atoms with Crippen LogP contribution in [-0.2, 0) is 20.0 Å². The third-order valence-electron chi connectivity index (χ3n) is 7.84. The van der Waals surface area contributed by atoms with E-state index in [4.69, 9.17) is 11.6 Å². The van der Waals surface area contributed by atoms with E-state index in [1.54, 1.807) is 35.8 Å². The van der Waals surface area contributed by atoms with Gasteiger partial charge in [-0.1, -0.05) is 48.0 Å². The van der Waals surface area contributed by atoms with Crippen LogP contribution in [0.4, 0.5) is 0 Å². The Balaban J connectivity index is 1.19. The van der Waals surface area contributed by atoms with E-state index in [9.17, 15) is 14.7 Å². The highest BCUT2D eigenvalue weighted by molar-refractivity contribution is 6.29. The zero-order chi connectivity index (χ0) is 26.8. The van der Waals surface area contributed by atoms with Gasteiger partial charge in [0.25, 0.3) is 11.5 Å². The molecule has 2 aromatic heterocycles. The lowest BCUT2D eigenvalue weighted by Crippen LogP contribution is -2.30. The number of carbonyl (C=O) groups excluding carboxylic acids is 1. The van der Waals surface area contributed by atoms with Crippen LogP contribution in [0, 0.1) is 11.8 Å². The molecule has 7 heteroatoms. The molecule has 0 saturated heterocycles. The number of hydrogen-bond acceptors (Lipinski definition) is 4. The van der Waals surface area contributed by atoms with Crippen LogP contribution < -0.4 is 5.56 Å². The summed E-state index contributed by atoms with van der Waals surface area (Å²) in [7, 11) is 3.51. The highest BCUT2D eigenvalue weighted by atomic mass is 35.5.